The fourth-order valence-corrected chi connectivity index (χ4v) is 2.78. The molecule has 140 valence electrons. The van der Waals surface area contributed by atoms with Gasteiger partial charge in [-0.05, 0) is 25.3 Å². The van der Waals surface area contributed by atoms with E-state index in [1.165, 1.54) is 51.0 Å². The van der Waals surface area contributed by atoms with E-state index < -0.39 is 17.9 Å². The first-order chi connectivity index (χ1) is 11.9. The lowest BCUT2D eigenvalue weighted by Gasteiger charge is -2.30. The summed E-state index contributed by atoms with van der Waals surface area (Å²) >= 11 is 0. The molecule has 0 heterocycles. The van der Waals surface area contributed by atoms with Gasteiger partial charge in [-0.2, -0.15) is 0 Å². The molecule has 1 rings (SSSR count). The van der Waals surface area contributed by atoms with Crippen LogP contribution in [0.25, 0.3) is 0 Å². The van der Waals surface area contributed by atoms with E-state index in [1.54, 1.807) is 12.1 Å². The number of benzene rings is 1. The number of unbranched alkanes of at least 4 members (excludes halogenated alkanes) is 6. The molecule has 2 atom stereocenters. The third-order valence-corrected chi connectivity index (χ3v) is 4.43. The van der Waals surface area contributed by atoms with Crippen molar-refractivity contribution in [3.63, 3.8) is 0 Å². The molecule has 0 aliphatic heterocycles. The van der Waals surface area contributed by atoms with Crippen LogP contribution >= 0.6 is 0 Å². The summed E-state index contributed by atoms with van der Waals surface area (Å²) in [5.74, 6) is -2.85. The van der Waals surface area contributed by atoms with E-state index in [0.717, 1.165) is 18.9 Å². The summed E-state index contributed by atoms with van der Waals surface area (Å²) in [7, 11) is 0. The van der Waals surface area contributed by atoms with Gasteiger partial charge in [-0.3, -0.25) is 0 Å². The Labute approximate surface area is 151 Å². The molecule has 0 bridgehead atoms. The van der Waals surface area contributed by atoms with Gasteiger partial charge in [0.25, 0.3) is 5.79 Å². The zero-order valence-electron chi connectivity index (χ0n) is 15.5. The quantitative estimate of drug-likeness (QED) is 0.257. The summed E-state index contributed by atoms with van der Waals surface area (Å²) in [4.78, 5) is 11.4. The van der Waals surface area contributed by atoms with E-state index in [2.05, 4.69) is 13.5 Å². The summed E-state index contributed by atoms with van der Waals surface area (Å²) < 4.78 is 4.97. The highest BCUT2D eigenvalue weighted by atomic mass is 16.7. The topological polar surface area (TPSA) is 66.8 Å². The Bertz CT molecular complexity index is 521. The van der Waals surface area contributed by atoms with Gasteiger partial charge in [-0.15, -0.1) is 0 Å². The second kappa shape index (κ2) is 11.1. The molecule has 0 saturated heterocycles. The molecule has 4 heteroatoms. The van der Waals surface area contributed by atoms with E-state index in [1.807, 2.05) is 12.1 Å². The number of aliphatic hydroxyl groups excluding tert-OH is 1. The number of ether oxygens (including phenoxy) is 1. The van der Waals surface area contributed by atoms with Crippen LogP contribution in [0.1, 0.15) is 69.9 Å². The molecule has 0 aliphatic carbocycles. The van der Waals surface area contributed by atoms with Gasteiger partial charge in [0.2, 0.25) is 0 Å². The maximum absolute atomic E-state index is 11.4. The molecule has 0 saturated carbocycles. The van der Waals surface area contributed by atoms with Crippen molar-refractivity contribution in [3.05, 3.63) is 48.0 Å². The number of aliphatic hydroxyl groups is 2. The molecule has 0 aliphatic rings. The van der Waals surface area contributed by atoms with E-state index in [9.17, 15) is 15.0 Å². The van der Waals surface area contributed by atoms with E-state index in [0.29, 0.717) is 5.56 Å². The van der Waals surface area contributed by atoms with Crippen molar-refractivity contribution < 1.29 is 19.7 Å². The first-order valence-electron chi connectivity index (χ1n) is 9.29. The third-order valence-electron chi connectivity index (χ3n) is 4.43. The number of rotatable bonds is 12. The van der Waals surface area contributed by atoms with Gasteiger partial charge in [0.15, 0.2) is 0 Å². The standard InChI is InChI=1S/C21H32O4/c1-4-6-7-8-9-10-11-12-18-13-15-19(16-14-18)21(24,17(3)22)25-20(23)5-2/h5,13-17,22,24H,2,4,6-12H2,1,3H3. The van der Waals surface area contributed by atoms with Crippen molar-refractivity contribution in [2.75, 3.05) is 0 Å². The predicted octanol–water partition coefficient (Wildman–Crippen LogP) is 4.23. The molecule has 0 fully saturated rings. The van der Waals surface area contributed by atoms with Gasteiger partial charge in [0.05, 0.1) is 0 Å². The molecule has 1 aromatic rings. The fourth-order valence-electron chi connectivity index (χ4n) is 2.78. The van der Waals surface area contributed by atoms with Crippen LogP contribution < -0.4 is 0 Å². The number of aryl methyl sites for hydroxylation is 1. The second-order valence-electron chi connectivity index (χ2n) is 6.57. The van der Waals surface area contributed by atoms with Crippen LogP contribution in [-0.2, 0) is 21.7 Å². The predicted molar refractivity (Wildman–Crippen MR) is 100 cm³/mol. The van der Waals surface area contributed by atoms with Crippen molar-refractivity contribution >= 4 is 5.97 Å². The molecule has 0 radical (unpaired) electrons. The van der Waals surface area contributed by atoms with Crippen LogP contribution in [0.2, 0.25) is 0 Å². The van der Waals surface area contributed by atoms with Crippen LogP contribution in [-0.4, -0.2) is 22.3 Å². The Morgan fingerprint density at radius 2 is 1.72 bits per heavy atom. The highest BCUT2D eigenvalue weighted by Gasteiger charge is 2.38. The van der Waals surface area contributed by atoms with Crippen molar-refractivity contribution in [3.8, 4) is 0 Å². The first kappa shape index (κ1) is 21.4. The van der Waals surface area contributed by atoms with Gasteiger partial charge < -0.3 is 14.9 Å². The maximum Gasteiger partial charge on any atom is 0.333 e. The summed E-state index contributed by atoms with van der Waals surface area (Å²) in [5, 5.41) is 20.4. The van der Waals surface area contributed by atoms with Crippen molar-refractivity contribution in [2.45, 2.75) is 77.1 Å². The fraction of sp³-hybridized carbons (Fsp3) is 0.571. The average Bonchev–Trinajstić information content (AvgIpc) is 2.61. The molecule has 4 nitrogen and oxygen atoms in total. The summed E-state index contributed by atoms with van der Waals surface area (Å²) in [6.45, 7) is 6.91. The number of hydrogen-bond acceptors (Lipinski definition) is 4. The first-order valence-corrected chi connectivity index (χ1v) is 9.29. The number of hydrogen-bond donors (Lipinski definition) is 2. The largest absolute Gasteiger partial charge is 0.423 e. The number of carbonyl (C=O) groups excluding carboxylic acids is 1. The normalized spacial score (nSPS) is 14.6. The monoisotopic (exact) mass is 348 g/mol. The average molecular weight is 348 g/mol. The van der Waals surface area contributed by atoms with E-state index in [4.69, 9.17) is 4.74 Å². The highest BCUT2D eigenvalue weighted by Crippen LogP contribution is 2.28. The molecule has 0 amide bonds. The van der Waals surface area contributed by atoms with Crippen LogP contribution in [0.4, 0.5) is 0 Å². The number of carbonyl (C=O) groups is 1. The Morgan fingerprint density at radius 3 is 2.24 bits per heavy atom. The van der Waals surface area contributed by atoms with Crippen molar-refractivity contribution in [2.24, 2.45) is 0 Å². The summed E-state index contributed by atoms with van der Waals surface area (Å²) in [5.41, 5.74) is 1.52. The third kappa shape index (κ3) is 7.00. The molecule has 1 aromatic carbocycles. The van der Waals surface area contributed by atoms with Gasteiger partial charge in [0, 0.05) is 11.6 Å². The smallest absolute Gasteiger partial charge is 0.333 e. The van der Waals surface area contributed by atoms with Crippen molar-refractivity contribution in [1.29, 1.82) is 0 Å². The maximum atomic E-state index is 11.4. The molecule has 2 unspecified atom stereocenters. The van der Waals surface area contributed by atoms with Crippen molar-refractivity contribution in [1.82, 2.24) is 0 Å². The Hall–Kier alpha value is -1.65. The minimum Gasteiger partial charge on any atom is -0.423 e. The van der Waals surface area contributed by atoms with Gasteiger partial charge >= 0.3 is 5.97 Å². The lowest BCUT2D eigenvalue weighted by Crippen LogP contribution is -2.41. The summed E-state index contributed by atoms with van der Waals surface area (Å²) in [6.07, 6.45) is 9.54. The highest BCUT2D eigenvalue weighted by molar-refractivity contribution is 5.81. The van der Waals surface area contributed by atoms with Gasteiger partial charge in [0.1, 0.15) is 6.10 Å². The molecule has 0 spiro atoms. The van der Waals surface area contributed by atoms with Gasteiger partial charge in [-0.1, -0.05) is 76.3 Å². The lowest BCUT2D eigenvalue weighted by molar-refractivity contribution is -0.248. The lowest BCUT2D eigenvalue weighted by atomic mass is 9.97. The molecular weight excluding hydrogens is 316 g/mol. The minimum absolute atomic E-state index is 0.348. The molecule has 2 N–H and O–H groups in total. The Kier molecular flexibility index (Phi) is 9.46. The van der Waals surface area contributed by atoms with Crippen LogP contribution in [0.15, 0.2) is 36.9 Å². The number of esters is 1. The zero-order chi connectivity index (χ0) is 18.7. The zero-order valence-corrected chi connectivity index (χ0v) is 15.5. The van der Waals surface area contributed by atoms with Gasteiger partial charge in [-0.25, -0.2) is 4.79 Å². The van der Waals surface area contributed by atoms with Crippen LogP contribution in [0.5, 0.6) is 0 Å². The Balaban J connectivity index is 2.56. The molecule has 0 aromatic heterocycles. The molecular formula is C21H32O4. The van der Waals surface area contributed by atoms with E-state index in [-0.39, 0.29) is 0 Å². The molecule has 25 heavy (non-hydrogen) atoms. The minimum atomic E-state index is -2.07. The van der Waals surface area contributed by atoms with Crippen LogP contribution in [0.3, 0.4) is 0 Å². The van der Waals surface area contributed by atoms with Crippen LogP contribution in [0, 0.1) is 0 Å². The SMILES string of the molecule is C=CC(=O)OC(O)(c1ccc(CCCCCCCCC)cc1)C(C)O. The summed E-state index contributed by atoms with van der Waals surface area (Å²) in [6, 6.07) is 7.20. The second-order valence-corrected chi connectivity index (χ2v) is 6.57. The Morgan fingerprint density at radius 1 is 1.16 bits per heavy atom. The van der Waals surface area contributed by atoms with E-state index >= 15 is 0 Å².